The fourth-order valence-electron chi connectivity index (χ4n) is 7.87. The Morgan fingerprint density at radius 1 is 1.12 bits per heavy atom. The predicted molar refractivity (Wildman–Crippen MR) is 154 cm³/mol. The Balaban J connectivity index is 1.23. The fraction of sp³-hybridized carbons (Fsp3) is 0.548. The van der Waals surface area contributed by atoms with E-state index in [1.165, 1.54) is 6.07 Å². The number of benzene rings is 1. The van der Waals surface area contributed by atoms with Crippen molar-refractivity contribution in [3.05, 3.63) is 40.8 Å². The molecule has 1 aliphatic carbocycles. The number of aromatic nitrogens is 2. The molecule has 41 heavy (non-hydrogen) atoms. The van der Waals surface area contributed by atoms with Crippen molar-refractivity contribution in [3.63, 3.8) is 0 Å². The number of anilines is 1. The first kappa shape index (κ1) is 25.9. The number of fused-ring (bicyclic) bond motifs is 4. The molecule has 2 N–H and O–H groups in total. The lowest BCUT2D eigenvalue weighted by Crippen LogP contribution is -2.51. The van der Waals surface area contributed by atoms with E-state index < -0.39 is 12.0 Å². The van der Waals surface area contributed by atoms with Gasteiger partial charge in [-0.3, -0.25) is 9.88 Å². The van der Waals surface area contributed by atoms with E-state index in [1.54, 1.807) is 12.3 Å². The zero-order valence-electron chi connectivity index (χ0n) is 22.9. The highest BCUT2D eigenvalue weighted by Crippen LogP contribution is 2.49. The minimum absolute atomic E-state index is 0.0270. The van der Waals surface area contributed by atoms with Crippen molar-refractivity contribution in [2.24, 2.45) is 0 Å². The summed E-state index contributed by atoms with van der Waals surface area (Å²) in [5.41, 5.74) is 2.17. The first-order valence-electron chi connectivity index (χ1n) is 14.9. The number of phenols is 1. The van der Waals surface area contributed by atoms with Crippen molar-refractivity contribution in [1.82, 2.24) is 20.2 Å². The monoisotopic (exact) mass is 581 g/mol. The molecule has 3 aromatic rings. The van der Waals surface area contributed by atoms with Crippen LogP contribution in [0.5, 0.6) is 11.6 Å². The number of alkyl halides is 1. The third-order valence-corrected chi connectivity index (χ3v) is 10.2. The van der Waals surface area contributed by atoms with Gasteiger partial charge in [0, 0.05) is 66.4 Å². The van der Waals surface area contributed by atoms with E-state index in [9.17, 15) is 9.50 Å². The molecule has 0 amide bonds. The molecule has 0 radical (unpaired) electrons. The van der Waals surface area contributed by atoms with E-state index in [1.807, 2.05) is 6.07 Å². The minimum atomic E-state index is -0.851. The lowest BCUT2D eigenvalue weighted by Gasteiger charge is -2.35. The van der Waals surface area contributed by atoms with Crippen molar-refractivity contribution >= 4 is 28.2 Å². The molecule has 5 aliphatic rings. The Hall–Kier alpha value is -2.75. The predicted octanol–water partition coefficient (Wildman–Crippen LogP) is 5.57. The molecule has 3 unspecified atom stereocenters. The molecule has 2 bridgehead atoms. The van der Waals surface area contributed by atoms with Crippen LogP contribution in [0.2, 0.25) is 5.02 Å². The number of piperazine rings is 1. The van der Waals surface area contributed by atoms with Crippen molar-refractivity contribution < 1.29 is 18.6 Å². The Morgan fingerprint density at radius 3 is 2.71 bits per heavy atom. The quantitative estimate of drug-likeness (QED) is 0.394. The van der Waals surface area contributed by atoms with E-state index in [4.69, 9.17) is 21.3 Å². The number of nitrogens with one attached hydrogen (secondary N) is 1. The molecule has 2 aromatic heterocycles. The first-order valence-corrected chi connectivity index (χ1v) is 15.3. The molecule has 7 nitrogen and oxygen atoms in total. The number of nitrogens with zero attached hydrogens (tertiary/aromatic N) is 4. The number of halogens is 3. The molecule has 4 saturated heterocycles. The summed E-state index contributed by atoms with van der Waals surface area (Å²) in [6, 6.07) is 5.75. The molecule has 6 heterocycles. The van der Waals surface area contributed by atoms with Gasteiger partial charge in [0.2, 0.25) is 5.88 Å². The van der Waals surface area contributed by atoms with Crippen LogP contribution in [0.25, 0.3) is 22.2 Å². The van der Waals surface area contributed by atoms with Crippen LogP contribution in [-0.4, -0.2) is 76.6 Å². The SMILES string of the molecule is Oc1cc(Cl)c(C2CC2)c(-c2ncc3c(N4CC5CCC(C4)N5)cc(OCC45CCCN4C[C@H](F)C5)nc3c2F)c1. The summed E-state index contributed by atoms with van der Waals surface area (Å²) >= 11 is 6.54. The summed E-state index contributed by atoms with van der Waals surface area (Å²) in [5.74, 6) is -0.0137. The van der Waals surface area contributed by atoms with Crippen LogP contribution in [0.3, 0.4) is 0 Å². The van der Waals surface area contributed by atoms with Crippen LogP contribution in [0.4, 0.5) is 14.5 Å². The van der Waals surface area contributed by atoms with E-state index in [2.05, 4.69) is 20.1 Å². The van der Waals surface area contributed by atoms with Gasteiger partial charge in [-0.25, -0.2) is 13.8 Å². The second-order valence-corrected chi connectivity index (χ2v) is 13.1. The molecule has 8 rings (SSSR count). The third kappa shape index (κ3) is 4.43. The van der Waals surface area contributed by atoms with Gasteiger partial charge in [-0.2, -0.15) is 0 Å². The van der Waals surface area contributed by atoms with Gasteiger partial charge in [0.25, 0.3) is 0 Å². The maximum Gasteiger partial charge on any atom is 0.216 e. The second kappa shape index (κ2) is 9.64. The summed E-state index contributed by atoms with van der Waals surface area (Å²) in [6.45, 7) is 3.28. The number of hydrogen-bond donors (Lipinski definition) is 2. The Bertz CT molecular complexity index is 1520. The highest BCUT2D eigenvalue weighted by atomic mass is 35.5. The third-order valence-electron chi connectivity index (χ3n) is 9.91. The van der Waals surface area contributed by atoms with Gasteiger partial charge in [-0.1, -0.05) is 11.6 Å². The van der Waals surface area contributed by atoms with Gasteiger partial charge in [-0.15, -0.1) is 0 Å². The Morgan fingerprint density at radius 2 is 1.93 bits per heavy atom. The standard InChI is InChI=1S/C31H34ClF2N5O2/c32-24-9-21(40)8-22(27(24)17-2-3-17)29-28(34)30-23(12-35-29)25(38-14-19-4-5-20(15-38)36-19)10-26(37-30)41-16-31-6-1-7-39(31)13-18(33)11-31/h8-10,12,17-20,36,40H,1-7,11,13-16H2/t18-,19?,20?,31?/m1/s1. The van der Waals surface area contributed by atoms with Gasteiger partial charge >= 0.3 is 0 Å². The van der Waals surface area contributed by atoms with Crippen LogP contribution >= 0.6 is 11.6 Å². The fourth-order valence-corrected chi connectivity index (χ4v) is 8.24. The van der Waals surface area contributed by atoms with Crippen LogP contribution in [-0.2, 0) is 0 Å². The zero-order valence-corrected chi connectivity index (χ0v) is 23.6. The van der Waals surface area contributed by atoms with Gasteiger partial charge < -0.3 is 20.1 Å². The topological polar surface area (TPSA) is 73.8 Å². The minimum Gasteiger partial charge on any atom is -0.508 e. The van der Waals surface area contributed by atoms with E-state index in [0.717, 1.165) is 69.4 Å². The molecule has 10 heteroatoms. The van der Waals surface area contributed by atoms with Crippen molar-refractivity contribution in [3.8, 4) is 22.9 Å². The molecule has 1 saturated carbocycles. The molecule has 216 valence electrons. The lowest BCUT2D eigenvalue weighted by molar-refractivity contribution is 0.111. The van der Waals surface area contributed by atoms with Gasteiger partial charge in [0.15, 0.2) is 5.82 Å². The van der Waals surface area contributed by atoms with Crippen LogP contribution in [0.15, 0.2) is 24.4 Å². The number of ether oxygens (including phenoxy) is 1. The summed E-state index contributed by atoms with van der Waals surface area (Å²) in [7, 11) is 0. The molecular weight excluding hydrogens is 548 g/mol. The average Bonchev–Trinajstić information content (AvgIpc) is 3.52. The Labute approximate surface area is 242 Å². The van der Waals surface area contributed by atoms with Crippen molar-refractivity contribution in [2.75, 3.05) is 37.7 Å². The molecule has 1 aromatic carbocycles. The molecule has 5 fully saturated rings. The van der Waals surface area contributed by atoms with Crippen LogP contribution in [0, 0.1) is 5.82 Å². The van der Waals surface area contributed by atoms with Crippen LogP contribution in [0.1, 0.15) is 56.4 Å². The molecule has 0 spiro atoms. The zero-order chi connectivity index (χ0) is 27.9. The lowest BCUT2D eigenvalue weighted by atomic mass is 9.95. The highest BCUT2D eigenvalue weighted by Gasteiger charge is 2.49. The maximum atomic E-state index is 16.6. The smallest absolute Gasteiger partial charge is 0.216 e. The Kier molecular flexibility index (Phi) is 6.10. The largest absolute Gasteiger partial charge is 0.508 e. The van der Waals surface area contributed by atoms with Crippen molar-refractivity contribution in [2.45, 2.75) is 74.7 Å². The number of pyridine rings is 2. The number of phenolic OH excluding ortho intramolecular Hbond substituents is 1. The number of rotatable bonds is 6. The van der Waals surface area contributed by atoms with Gasteiger partial charge in [0.05, 0.1) is 11.2 Å². The van der Waals surface area contributed by atoms with Gasteiger partial charge in [-0.05, 0) is 68.7 Å². The number of aromatic hydroxyl groups is 1. The van der Waals surface area contributed by atoms with E-state index in [-0.39, 0.29) is 28.4 Å². The summed E-state index contributed by atoms with van der Waals surface area (Å²) < 4.78 is 37.3. The molecule has 4 atom stereocenters. The van der Waals surface area contributed by atoms with Gasteiger partial charge in [0.1, 0.15) is 29.7 Å². The summed E-state index contributed by atoms with van der Waals surface area (Å²) in [6.07, 6.45) is 7.39. The highest BCUT2D eigenvalue weighted by molar-refractivity contribution is 6.32. The maximum absolute atomic E-state index is 16.6. The van der Waals surface area contributed by atoms with Crippen LogP contribution < -0.4 is 15.0 Å². The summed E-state index contributed by atoms with van der Waals surface area (Å²) in [4.78, 5) is 13.8. The second-order valence-electron chi connectivity index (χ2n) is 12.7. The van der Waals surface area contributed by atoms with E-state index >= 15 is 4.39 Å². The first-order chi connectivity index (χ1) is 19.9. The number of hydrogen-bond acceptors (Lipinski definition) is 7. The van der Waals surface area contributed by atoms with Crippen molar-refractivity contribution in [1.29, 1.82) is 0 Å². The van der Waals surface area contributed by atoms with E-state index in [0.29, 0.717) is 53.5 Å². The average molecular weight is 582 g/mol. The molecule has 4 aliphatic heterocycles. The summed E-state index contributed by atoms with van der Waals surface area (Å²) in [5, 5.41) is 15.1. The normalized spacial score (nSPS) is 29.4. The molecular formula is C31H34ClF2N5O2.